The number of benzene rings is 2. The number of ether oxygens (including phenoxy) is 2. The van der Waals surface area contributed by atoms with Crippen molar-refractivity contribution in [3.63, 3.8) is 0 Å². The quantitative estimate of drug-likeness (QED) is 0.505. The molecule has 5 nitrogen and oxygen atoms in total. The van der Waals surface area contributed by atoms with Crippen LogP contribution in [0, 0.1) is 0 Å². The monoisotopic (exact) mass is 338 g/mol. The molecule has 3 aromatic rings. The van der Waals surface area contributed by atoms with E-state index in [-0.39, 0.29) is 5.97 Å². The molecule has 0 amide bonds. The number of hydrogen-bond donors (Lipinski definition) is 0. The predicted molar refractivity (Wildman–Crippen MR) is 98.3 cm³/mol. The maximum absolute atomic E-state index is 11.2. The van der Waals surface area contributed by atoms with Gasteiger partial charge in [-0.05, 0) is 50.5 Å². The van der Waals surface area contributed by atoms with Crippen LogP contribution in [0.25, 0.3) is 10.9 Å². The molecule has 5 heteroatoms. The summed E-state index contributed by atoms with van der Waals surface area (Å²) < 4.78 is 13.4. The van der Waals surface area contributed by atoms with Crippen LogP contribution in [0.15, 0.2) is 54.7 Å². The molecule has 0 fully saturated rings. The van der Waals surface area contributed by atoms with Crippen molar-refractivity contribution >= 4 is 16.9 Å². The Hall–Kier alpha value is -2.79. The van der Waals surface area contributed by atoms with Crippen LogP contribution in [0.3, 0.4) is 0 Å². The van der Waals surface area contributed by atoms with Gasteiger partial charge < -0.3 is 18.9 Å². The second kappa shape index (κ2) is 7.40. The van der Waals surface area contributed by atoms with E-state index in [4.69, 9.17) is 9.47 Å². The van der Waals surface area contributed by atoms with E-state index in [2.05, 4.69) is 41.9 Å². The highest BCUT2D eigenvalue weighted by molar-refractivity contribution is 5.81. The van der Waals surface area contributed by atoms with E-state index in [1.807, 2.05) is 18.2 Å². The molecule has 0 radical (unpaired) electrons. The summed E-state index contributed by atoms with van der Waals surface area (Å²) >= 11 is 0. The zero-order chi connectivity index (χ0) is 17.8. The van der Waals surface area contributed by atoms with Crippen LogP contribution in [0.1, 0.15) is 6.92 Å². The number of carbonyl (C=O) groups excluding carboxylic acids is 1. The molecule has 2 aromatic carbocycles. The van der Waals surface area contributed by atoms with E-state index in [0.717, 1.165) is 18.5 Å². The van der Waals surface area contributed by atoms with Gasteiger partial charge >= 0.3 is 5.97 Å². The van der Waals surface area contributed by atoms with Crippen LogP contribution >= 0.6 is 0 Å². The number of rotatable bonds is 6. The van der Waals surface area contributed by atoms with Crippen LogP contribution in [0.5, 0.6) is 17.2 Å². The molecule has 130 valence electrons. The number of carbonyl (C=O) groups is 1. The van der Waals surface area contributed by atoms with Crippen molar-refractivity contribution in [1.29, 1.82) is 0 Å². The summed E-state index contributed by atoms with van der Waals surface area (Å²) in [5, 5.41) is 1.11. The fraction of sp³-hybridized carbons (Fsp3) is 0.250. The van der Waals surface area contributed by atoms with E-state index in [9.17, 15) is 4.79 Å². The number of fused-ring (bicyclic) bond motifs is 1. The molecule has 0 spiro atoms. The second-order valence-corrected chi connectivity index (χ2v) is 6.18. The first-order valence-corrected chi connectivity index (χ1v) is 8.22. The van der Waals surface area contributed by atoms with E-state index in [1.165, 1.54) is 12.4 Å². The van der Waals surface area contributed by atoms with Gasteiger partial charge in [-0.15, -0.1) is 0 Å². The lowest BCUT2D eigenvalue weighted by molar-refractivity contribution is -0.131. The molecule has 0 aliphatic heterocycles. The van der Waals surface area contributed by atoms with Crippen LogP contribution in [0.2, 0.25) is 0 Å². The Labute approximate surface area is 147 Å². The van der Waals surface area contributed by atoms with Gasteiger partial charge in [0, 0.05) is 37.1 Å². The van der Waals surface area contributed by atoms with Gasteiger partial charge in [-0.1, -0.05) is 12.1 Å². The van der Waals surface area contributed by atoms with Crippen molar-refractivity contribution in [2.45, 2.75) is 13.5 Å². The minimum absolute atomic E-state index is 0.371. The predicted octanol–water partition coefficient (Wildman–Crippen LogP) is 3.92. The van der Waals surface area contributed by atoms with Gasteiger partial charge in [0.1, 0.15) is 5.75 Å². The minimum atomic E-state index is -0.371. The molecule has 0 aliphatic rings. The van der Waals surface area contributed by atoms with E-state index in [1.54, 1.807) is 18.2 Å². The third-order valence-corrected chi connectivity index (χ3v) is 3.86. The lowest BCUT2D eigenvalue weighted by Gasteiger charge is -2.12. The Morgan fingerprint density at radius 2 is 1.84 bits per heavy atom. The summed E-state index contributed by atoms with van der Waals surface area (Å²) in [5.74, 6) is 1.27. The second-order valence-electron chi connectivity index (χ2n) is 6.18. The van der Waals surface area contributed by atoms with E-state index < -0.39 is 0 Å². The Bertz CT molecular complexity index is 884. The standard InChI is InChI=1S/C20H22N2O3/c1-15(23)24-19-6-4-5-7-20(19)25-17-8-9-18-16(14-17)10-11-22(18)13-12-21(2)3/h4-11,14H,12-13H2,1-3H3. The van der Waals surface area contributed by atoms with Gasteiger partial charge in [0.15, 0.2) is 11.5 Å². The molecule has 0 bridgehead atoms. The van der Waals surface area contributed by atoms with Gasteiger partial charge in [0.2, 0.25) is 0 Å². The van der Waals surface area contributed by atoms with Gasteiger partial charge in [-0.2, -0.15) is 0 Å². The topological polar surface area (TPSA) is 43.7 Å². The number of aromatic nitrogens is 1. The molecule has 0 saturated carbocycles. The van der Waals surface area contributed by atoms with Crippen molar-refractivity contribution in [3.05, 3.63) is 54.7 Å². The highest BCUT2D eigenvalue weighted by Gasteiger charge is 2.09. The molecular weight excluding hydrogens is 316 g/mol. The third-order valence-electron chi connectivity index (χ3n) is 3.86. The normalized spacial score (nSPS) is 11.0. The molecule has 0 unspecified atom stereocenters. The maximum Gasteiger partial charge on any atom is 0.308 e. The summed E-state index contributed by atoms with van der Waals surface area (Å²) in [4.78, 5) is 13.4. The molecule has 0 atom stereocenters. The number of nitrogens with zero attached hydrogens (tertiary/aromatic N) is 2. The van der Waals surface area contributed by atoms with Crippen molar-refractivity contribution < 1.29 is 14.3 Å². The van der Waals surface area contributed by atoms with Crippen LogP contribution in [0.4, 0.5) is 0 Å². The lowest BCUT2D eigenvalue weighted by Crippen LogP contribution is -2.17. The SMILES string of the molecule is CC(=O)Oc1ccccc1Oc1ccc2c(ccn2CCN(C)C)c1. The molecule has 1 aromatic heterocycles. The third kappa shape index (κ3) is 4.19. The zero-order valence-electron chi connectivity index (χ0n) is 14.7. The summed E-state index contributed by atoms with van der Waals surface area (Å²) in [5.41, 5.74) is 1.17. The van der Waals surface area contributed by atoms with E-state index in [0.29, 0.717) is 17.2 Å². The Balaban J connectivity index is 1.82. The fourth-order valence-corrected chi connectivity index (χ4v) is 2.65. The number of para-hydroxylation sites is 2. The van der Waals surface area contributed by atoms with Crippen LogP contribution in [-0.2, 0) is 11.3 Å². The first kappa shape index (κ1) is 17.0. The highest BCUT2D eigenvalue weighted by Crippen LogP contribution is 2.33. The van der Waals surface area contributed by atoms with Gasteiger partial charge in [-0.25, -0.2) is 0 Å². The van der Waals surface area contributed by atoms with Crippen molar-refractivity contribution in [2.75, 3.05) is 20.6 Å². The Kier molecular flexibility index (Phi) is 5.05. The lowest BCUT2D eigenvalue weighted by atomic mass is 10.2. The largest absolute Gasteiger partial charge is 0.453 e. The molecular formula is C20H22N2O3. The average Bonchev–Trinajstić information content (AvgIpc) is 2.96. The molecule has 0 saturated heterocycles. The minimum Gasteiger partial charge on any atom is -0.453 e. The zero-order valence-corrected chi connectivity index (χ0v) is 14.7. The molecule has 25 heavy (non-hydrogen) atoms. The summed E-state index contributed by atoms with van der Waals surface area (Å²) in [6, 6.07) is 15.2. The fourth-order valence-electron chi connectivity index (χ4n) is 2.65. The first-order valence-electron chi connectivity index (χ1n) is 8.22. The van der Waals surface area contributed by atoms with E-state index >= 15 is 0 Å². The van der Waals surface area contributed by atoms with Crippen molar-refractivity contribution in [1.82, 2.24) is 9.47 Å². The summed E-state index contributed by atoms with van der Waals surface area (Å²) in [7, 11) is 4.14. The molecule has 1 heterocycles. The number of likely N-dealkylation sites (N-methyl/N-ethyl adjacent to an activating group) is 1. The molecule has 3 rings (SSSR count). The molecule has 0 N–H and O–H groups in total. The van der Waals surface area contributed by atoms with Crippen molar-refractivity contribution in [3.8, 4) is 17.2 Å². The number of esters is 1. The average molecular weight is 338 g/mol. The highest BCUT2D eigenvalue weighted by atomic mass is 16.6. The summed E-state index contributed by atoms with van der Waals surface area (Å²) in [6.07, 6.45) is 2.09. The smallest absolute Gasteiger partial charge is 0.308 e. The Morgan fingerprint density at radius 3 is 2.56 bits per heavy atom. The van der Waals surface area contributed by atoms with Crippen LogP contribution in [-0.4, -0.2) is 36.1 Å². The molecule has 0 aliphatic carbocycles. The first-order chi connectivity index (χ1) is 12.0. The Morgan fingerprint density at radius 1 is 1.08 bits per heavy atom. The van der Waals surface area contributed by atoms with Crippen molar-refractivity contribution in [2.24, 2.45) is 0 Å². The maximum atomic E-state index is 11.2. The van der Waals surface area contributed by atoms with Crippen LogP contribution < -0.4 is 9.47 Å². The van der Waals surface area contributed by atoms with Gasteiger partial charge in [0.25, 0.3) is 0 Å². The van der Waals surface area contributed by atoms with Gasteiger partial charge in [0.05, 0.1) is 0 Å². The van der Waals surface area contributed by atoms with Gasteiger partial charge in [-0.3, -0.25) is 4.79 Å². The number of hydrogen-bond acceptors (Lipinski definition) is 4. The summed E-state index contributed by atoms with van der Waals surface area (Å²) in [6.45, 7) is 3.29.